The lowest BCUT2D eigenvalue weighted by Crippen LogP contribution is -2.40. The molecule has 3 amide bonds. The minimum atomic E-state index is -0.519. The molecule has 7 nitrogen and oxygen atoms in total. The first kappa shape index (κ1) is 20.5. The molecular formula is C18H17Cl2N3O4. The molecule has 0 radical (unpaired) electrons. The Labute approximate surface area is 166 Å². The van der Waals surface area contributed by atoms with E-state index in [9.17, 15) is 14.4 Å². The van der Waals surface area contributed by atoms with Crippen LogP contribution in [0, 0.1) is 0 Å². The Bertz CT molecular complexity index is 841. The highest BCUT2D eigenvalue weighted by Crippen LogP contribution is 2.20. The lowest BCUT2D eigenvalue weighted by molar-refractivity contribution is -0.123. The Morgan fingerprint density at radius 2 is 1.59 bits per heavy atom. The second-order valence-corrected chi connectivity index (χ2v) is 6.20. The fourth-order valence-electron chi connectivity index (χ4n) is 2.05. The average molecular weight is 410 g/mol. The Morgan fingerprint density at radius 1 is 0.926 bits per heavy atom. The third-order valence-electron chi connectivity index (χ3n) is 3.41. The smallest absolute Gasteiger partial charge is 0.253 e. The molecule has 142 valence electrons. The zero-order valence-electron chi connectivity index (χ0n) is 14.3. The first-order chi connectivity index (χ1) is 12.9. The quantitative estimate of drug-likeness (QED) is 0.654. The number of anilines is 1. The van der Waals surface area contributed by atoms with Crippen molar-refractivity contribution in [3.8, 4) is 5.75 Å². The zero-order chi connectivity index (χ0) is 19.8. The summed E-state index contributed by atoms with van der Waals surface area (Å²) in [6, 6.07) is 11.2. The average Bonchev–Trinajstić information content (AvgIpc) is 2.65. The van der Waals surface area contributed by atoms with Gasteiger partial charge < -0.3 is 20.7 Å². The second-order valence-electron chi connectivity index (χ2n) is 5.36. The summed E-state index contributed by atoms with van der Waals surface area (Å²) < 4.78 is 5.03. The summed E-state index contributed by atoms with van der Waals surface area (Å²) >= 11 is 11.7. The van der Waals surface area contributed by atoms with Gasteiger partial charge >= 0.3 is 0 Å². The summed E-state index contributed by atoms with van der Waals surface area (Å²) in [6.45, 7) is -0.532. The van der Waals surface area contributed by atoms with Crippen LogP contribution in [0.5, 0.6) is 5.75 Å². The molecule has 0 saturated heterocycles. The van der Waals surface area contributed by atoms with Crippen LogP contribution in [0.25, 0.3) is 0 Å². The molecule has 2 aromatic rings. The van der Waals surface area contributed by atoms with Gasteiger partial charge in [-0.05, 0) is 42.5 Å². The normalized spacial score (nSPS) is 10.0. The minimum Gasteiger partial charge on any atom is -0.497 e. The number of rotatable bonds is 7. The Morgan fingerprint density at radius 3 is 2.22 bits per heavy atom. The third kappa shape index (κ3) is 6.47. The highest BCUT2D eigenvalue weighted by Gasteiger charge is 2.12. The van der Waals surface area contributed by atoms with Crippen LogP contribution in [0.2, 0.25) is 10.0 Å². The Balaban J connectivity index is 1.75. The fourth-order valence-corrected chi connectivity index (χ4v) is 2.54. The number of benzene rings is 2. The summed E-state index contributed by atoms with van der Waals surface area (Å²) in [5.74, 6) is -0.772. The first-order valence-corrected chi connectivity index (χ1v) is 8.58. The molecule has 0 heterocycles. The summed E-state index contributed by atoms with van der Waals surface area (Å²) in [5, 5.41) is 8.04. The van der Waals surface area contributed by atoms with Gasteiger partial charge in [0.05, 0.1) is 30.8 Å². The van der Waals surface area contributed by atoms with Gasteiger partial charge in [-0.3, -0.25) is 14.4 Å². The molecule has 0 atom stereocenters. The Hall–Kier alpha value is -2.77. The number of halogens is 2. The van der Waals surface area contributed by atoms with Crippen molar-refractivity contribution in [3.05, 3.63) is 58.1 Å². The summed E-state index contributed by atoms with van der Waals surface area (Å²) in [6.07, 6.45) is 0. The van der Waals surface area contributed by atoms with Crippen molar-refractivity contribution in [2.24, 2.45) is 0 Å². The molecule has 2 rings (SSSR count). The maximum Gasteiger partial charge on any atom is 0.253 e. The second kappa shape index (κ2) is 9.80. The van der Waals surface area contributed by atoms with E-state index in [1.165, 1.54) is 18.2 Å². The molecule has 0 saturated carbocycles. The molecule has 0 aliphatic heterocycles. The predicted molar refractivity (Wildman–Crippen MR) is 103 cm³/mol. The van der Waals surface area contributed by atoms with E-state index in [0.29, 0.717) is 16.5 Å². The van der Waals surface area contributed by atoms with Crippen LogP contribution in [0.4, 0.5) is 5.69 Å². The van der Waals surface area contributed by atoms with E-state index in [2.05, 4.69) is 16.0 Å². The first-order valence-electron chi connectivity index (χ1n) is 7.83. The van der Waals surface area contributed by atoms with Crippen molar-refractivity contribution in [2.75, 3.05) is 25.5 Å². The summed E-state index contributed by atoms with van der Waals surface area (Å²) in [4.78, 5) is 35.6. The van der Waals surface area contributed by atoms with Crippen LogP contribution in [0.1, 0.15) is 10.4 Å². The van der Waals surface area contributed by atoms with Gasteiger partial charge in [-0.1, -0.05) is 23.2 Å². The molecule has 0 fully saturated rings. The van der Waals surface area contributed by atoms with Gasteiger partial charge in [0.25, 0.3) is 5.91 Å². The van der Waals surface area contributed by atoms with E-state index >= 15 is 0 Å². The molecule has 2 aromatic carbocycles. The number of amides is 3. The van der Waals surface area contributed by atoms with Crippen molar-refractivity contribution in [1.29, 1.82) is 0 Å². The Kier molecular flexibility index (Phi) is 7.45. The van der Waals surface area contributed by atoms with Crippen LogP contribution in [0.15, 0.2) is 42.5 Å². The molecule has 0 unspecified atom stereocenters. The van der Waals surface area contributed by atoms with Crippen LogP contribution >= 0.6 is 23.2 Å². The lowest BCUT2D eigenvalue weighted by atomic mass is 10.2. The SMILES string of the molecule is COc1ccc(NC(=O)CNC(=O)CNC(=O)c2ccc(Cl)cc2Cl)cc1. The van der Waals surface area contributed by atoms with Gasteiger partial charge in [0, 0.05) is 10.7 Å². The number of nitrogens with one attached hydrogen (secondary N) is 3. The number of methoxy groups -OCH3 is 1. The molecule has 3 N–H and O–H groups in total. The zero-order valence-corrected chi connectivity index (χ0v) is 15.9. The summed E-state index contributed by atoms with van der Waals surface area (Å²) in [7, 11) is 1.54. The molecule has 0 bridgehead atoms. The van der Waals surface area contributed by atoms with E-state index in [1.807, 2.05) is 0 Å². The topological polar surface area (TPSA) is 96.5 Å². The molecule has 9 heteroatoms. The molecule has 27 heavy (non-hydrogen) atoms. The highest BCUT2D eigenvalue weighted by atomic mass is 35.5. The van der Waals surface area contributed by atoms with Crippen molar-refractivity contribution < 1.29 is 19.1 Å². The van der Waals surface area contributed by atoms with Gasteiger partial charge in [-0.15, -0.1) is 0 Å². The van der Waals surface area contributed by atoms with E-state index in [1.54, 1.807) is 31.4 Å². The van der Waals surface area contributed by atoms with Crippen molar-refractivity contribution in [3.63, 3.8) is 0 Å². The highest BCUT2D eigenvalue weighted by molar-refractivity contribution is 6.36. The monoisotopic (exact) mass is 409 g/mol. The maximum atomic E-state index is 12.0. The molecule has 0 aliphatic carbocycles. The van der Waals surface area contributed by atoms with E-state index in [4.69, 9.17) is 27.9 Å². The number of carbonyl (C=O) groups is 3. The van der Waals surface area contributed by atoms with E-state index < -0.39 is 17.7 Å². The van der Waals surface area contributed by atoms with Crippen LogP contribution < -0.4 is 20.7 Å². The standard InChI is InChI=1S/C18H17Cl2N3O4/c1-27-13-5-3-12(4-6-13)23-17(25)10-21-16(24)9-22-18(26)14-7-2-11(19)8-15(14)20/h2-8H,9-10H2,1H3,(H,21,24)(H,22,26)(H,23,25). The number of carbonyl (C=O) groups excluding carboxylic acids is 3. The van der Waals surface area contributed by atoms with Crippen molar-refractivity contribution in [1.82, 2.24) is 10.6 Å². The van der Waals surface area contributed by atoms with Crippen molar-refractivity contribution in [2.45, 2.75) is 0 Å². The number of hydrogen-bond donors (Lipinski definition) is 3. The van der Waals surface area contributed by atoms with Gasteiger partial charge in [0.15, 0.2) is 0 Å². The van der Waals surface area contributed by atoms with E-state index in [0.717, 1.165) is 0 Å². The van der Waals surface area contributed by atoms with Crippen LogP contribution in [-0.4, -0.2) is 37.9 Å². The van der Waals surface area contributed by atoms with Crippen LogP contribution in [-0.2, 0) is 9.59 Å². The fraction of sp³-hybridized carbons (Fsp3) is 0.167. The van der Waals surface area contributed by atoms with Crippen LogP contribution in [0.3, 0.4) is 0 Å². The predicted octanol–water partition coefficient (Wildman–Crippen LogP) is 2.49. The molecule has 0 aliphatic rings. The molecule has 0 spiro atoms. The third-order valence-corrected chi connectivity index (χ3v) is 3.95. The number of hydrogen-bond acceptors (Lipinski definition) is 4. The van der Waals surface area contributed by atoms with Gasteiger partial charge in [-0.25, -0.2) is 0 Å². The minimum absolute atomic E-state index is 0.180. The van der Waals surface area contributed by atoms with Gasteiger partial charge in [-0.2, -0.15) is 0 Å². The number of ether oxygens (including phenoxy) is 1. The van der Waals surface area contributed by atoms with Crippen molar-refractivity contribution >= 4 is 46.6 Å². The van der Waals surface area contributed by atoms with Gasteiger partial charge in [0.1, 0.15) is 5.75 Å². The summed E-state index contributed by atoms with van der Waals surface area (Å²) in [5.41, 5.74) is 0.770. The van der Waals surface area contributed by atoms with E-state index in [-0.39, 0.29) is 23.7 Å². The largest absolute Gasteiger partial charge is 0.497 e. The molecular weight excluding hydrogens is 393 g/mol. The van der Waals surface area contributed by atoms with Gasteiger partial charge in [0.2, 0.25) is 11.8 Å². The maximum absolute atomic E-state index is 12.0. The molecule has 0 aromatic heterocycles. The lowest BCUT2D eigenvalue weighted by Gasteiger charge is -2.09.